The fourth-order valence-corrected chi connectivity index (χ4v) is 2.43. The number of ether oxygens (including phenoxy) is 1. The molecule has 1 atom stereocenters. The summed E-state index contributed by atoms with van der Waals surface area (Å²) < 4.78 is 6.11. The maximum atomic E-state index is 10.8. The van der Waals surface area contributed by atoms with Gasteiger partial charge in [0, 0.05) is 12.0 Å². The van der Waals surface area contributed by atoms with Crippen molar-refractivity contribution in [3.8, 4) is 5.75 Å². The number of carboxylic acid groups (broad SMARTS) is 1. The molecule has 0 aromatic heterocycles. The van der Waals surface area contributed by atoms with Crippen molar-refractivity contribution in [2.45, 2.75) is 26.3 Å². The number of benzene rings is 1. The predicted octanol–water partition coefficient (Wildman–Crippen LogP) is 2.03. The summed E-state index contributed by atoms with van der Waals surface area (Å²) >= 11 is 3.41. The molecule has 0 amide bonds. The minimum absolute atomic E-state index is 0.255. The van der Waals surface area contributed by atoms with E-state index in [0.717, 1.165) is 21.2 Å². The van der Waals surface area contributed by atoms with Crippen molar-refractivity contribution in [1.82, 2.24) is 0 Å². The van der Waals surface area contributed by atoms with Crippen LogP contribution >= 0.6 is 15.9 Å². The van der Waals surface area contributed by atoms with Gasteiger partial charge in [-0.2, -0.15) is 0 Å². The minimum atomic E-state index is -1.01. The van der Waals surface area contributed by atoms with Crippen molar-refractivity contribution in [2.24, 2.45) is 5.73 Å². The van der Waals surface area contributed by atoms with E-state index < -0.39 is 12.0 Å². The van der Waals surface area contributed by atoms with Gasteiger partial charge in [-0.15, -0.1) is 0 Å². The first-order valence-electron chi connectivity index (χ1n) is 5.19. The first kappa shape index (κ1) is 14.0. The fourth-order valence-electron chi connectivity index (χ4n) is 1.69. The smallest absolute Gasteiger partial charge is 0.320 e. The number of hydrogen-bond acceptors (Lipinski definition) is 3. The Hall–Kier alpha value is -1.07. The molecule has 0 saturated heterocycles. The van der Waals surface area contributed by atoms with Crippen LogP contribution in [0.25, 0.3) is 0 Å². The summed E-state index contributed by atoms with van der Waals surface area (Å²) in [5.74, 6) is -0.353. The molecule has 5 heteroatoms. The first-order valence-corrected chi connectivity index (χ1v) is 5.98. The van der Waals surface area contributed by atoms with Gasteiger partial charge in [-0.3, -0.25) is 4.79 Å². The van der Waals surface area contributed by atoms with E-state index >= 15 is 0 Å². The Kier molecular flexibility index (Phi) is 4.54. The van der Waals surface area contributed by atoms with E-state index in [2.05, 4.69) is 15.9 Å². The molecular weight excluding hydrogens is 286 g/mol. The van der Waals surface area contributed by atoms with E-state index in [1.165, 1.54) is 0 Å². The molecule has 0 heterocycles. The molecule has 0 radical (unpaired) electrons. The van der Waals surface area contributed by atoms with Crippen molar-refractivity contribution in [2.75, 3.05) is 7.11 Å². The lowest BCUT2D eigenvalue weighted by Crippen LogP contribution is -2.32. The van der Waals surface area contributed by atoms with Gasteiger partial charge in [0.2, 0.25) is 0 Å². The van der Waals surface area contributed by atoms with Gasteiger partial charge in [-0.1, -0.05) is 0 Å². The Morgan fingerprint density at radius 2 is 2.18 bits per heavy atom. The van der Waals surface area contributed by atoms with Gasteiger partial charge < -0.3 is 15.6 Å². The second-order valence-corrected chi connectivity index (χ2v) is 4.82. The summed E-state index contributed by atoms with van der Waals surface area (Å²) in [7, 11) is 1.56. The van der Waals surface area contributed by atoms with Crippen LogP contribution in [0.15, 0.2) is 10.5 Å². The fraction of sp³-hybridized carbons (Fsp3) is 0.417. The van der Waals surface area contributed by atoms with Crippen LogP contribution in [0.5, 0.6) is 5.75 Å². The Labute approximate surface area is 109 Å². The standard InChI is InChI=1S/C12H16BrNO3/c1-6-4-9(13)11(17-3)8(7(6)2)5-10(14)12(15)16/h4,10H,5,14H2,1-3H3,(H,15,16). The van der Waals surface area contributed by atoms with Crippen LogP contribution in [0, 0.1) is 13.8 Å². The van der Waals surface area contributed by atoms with Crippen molar-refractivity contribution in [3.05, 3.63) is 27.2 Å². The van der Waals surface area contributed by atoms with Crippen LogP contribution in [-0.4, -0.2) is 24.2 Å². The van der Waals surface area contributed by atoms with Crippen molar-refractivity contribution in [1.29, 1.82) is 0 Å². The first-order chi connectivity index (χ1) is 7.88. The molecule has 0 fully saturated rings. The maximum Gasteiger partial charge on any atom is 0.320 e. The van der Waals surface area contributed by atoms with E-state index in [9.17, 15) is 4.79 Å². The highest BCUT2D eigenvalue weighted by Crippen LogP contribution is 2.34. The van der Waals surface area contributed by atoms with E-state index in [0.29, 0.717) is 5.75 Å². The molecule has 0 saturated carbocycles. The molecule has 94 valence electrons. The van der Waals surface area contributed by atoms with Crippen LogP contribution in [0.2, 0.25) is 0 Å². The summed E-state index contributed by atoms with van der Waals surface area (Å²) in [5, 5.41) is 8.86. The average Bonchev–Trinajstić information content (AvgIpc) is 2.25. The van der Waals surface area contributed by atoms with Crippen molar-refractivity contribution < 1.29 is 14.6 Å². The Morgan fingerprint density at radius 1 is 1.59 bits per heavy atom. The molecule has 0 aliphatic carbocycles. The number of halogens is 1. The third-order valence-corrected chi connectivity index (χ3v) is 3.41. The van der Waals surface area contributed by atoms with Crippen LogP contribution in [0.3, 0.4) is 0 Å². The summed E-state index contributed by atoms with van der Waals surface area (Å²) in [6.45, 7) is 3.91. The number of methoxy groups -OCH3 is 1. The molecule has 4 nitrogen and oxygen atoms in total. The number of hydrogen-bond donors (Lipinski definition) is 2. The minimum Gasteiger partial charge on any atom is -0.495 e. The lowest BCUT2D eigenvalue weighted by atomic mass is 9.97. The molecule has 1 unspecified atom stereocenters. The van der Waals surface area contributed by atoms with Gasteiger partial charge in [0.25, 0.3) is 0 Å². The molecule has 3 N–H and O–H groups in total. The summed E-state index contributed by atoms with van der Waals surface area (Å²) in [5.41, 5.74) is 8.50. The van der Waals surface area contributed by atoms with Crippen molar-refractivity contribution >= 4 is 21.9 Å². The number of rotatable bonds is 4. The second-order valence-electron chi connectivity index (χ2n) is 3.96. The van der Waals surface area contributed by atoms with Gasteiger partial charge in [-0.25, -0.2) is 0 Å². The van der Waals surface area contributed by atoms with Crippen molar-refractivity contribution in [3.63, 3.8) is 0 Å². The van der Waals surface area contributed by atoms with E-state index in [1.807, 2.05) is 19.9 Å². The molecular formula is C12H16BrNO3. The highest BCUT2D eigenvalue weighted by Gasteiger charge is 2.19. The quantitative estimate of drug-likeness (QED) is 0.892. The normalized spacial score (nSPS) is 12.3. The molecule has 17 heavy (non-hydrogen) atoms. The van der Waals surface area contributed by atoms with Crippen LogP contribution < -0.4 is 10.5 Å². The topological polar surface area (TPSA) is 72.5 Å². The largest absolute Gasteiger partial charge is 0.495 e. The maximum absolute atomic E-state index is 10.8. The predicted molar refractivity (Wildman–Crippen MR) is 69.5 cm³/mol. The zero-order valence-corrected chi connectivity index (χ0v) is 11.7. The number of nitrogens with two attached hydrogens (primary N) is 1. The van der Waals surface area contributed by atoms with E-state index in [1.54, 1.807) is 7.11 Å². The number of aliphatic carboxylic acids is 1. The van der Waals surface area contributed by atoms with Crippen LogP contribution in [0.1, 0.15) is 16.7 Å². The van der Waals surface area contributed by atoms with Gasteiger partial charge in [-0.05, 0) is 47.0 Å². The number of aryl methyl sites for hydroxylation is 1. The molecule has 1 aromatic rings. The average molecular weight is 302 g/mol. The third-order valence-electron chi connectivity index (χ3n) is 2.82. The molecule has 0 bridgehead atoms. The molecule has 1 rings (SSSR count). The summed E-state index contributed by atoms with van der Waals surface area (Å²) in [4.78, 5) is 10.8. The summed E-state index contributed by atoms with van der Waals surface area (Å²) in [6.07, 6.45) is 0.255. The summed E-state index contributed by atoms with van der Waals surface area (Å²) in [6, 6.07) is 1.03. The van der Waals surface area contributed by atoms with Gasteiger partial charge >= 0.3 is 5.97 Å². The van der Waals surface area contributed by atoms with Crippen LogP contribution in [-0.2, 0) is 11.2 Å². The molecule has 0 aliphatic heterocycles. The van der Waals surface area contributed by atoms with Gasteiger partial charge in [0.1, 0.15) is 11.8 Å². The second kappa shape index (κ2) is 5.51. The Morgan fingerprint density at radius 3 is 2.65 bits per heavy atom. The van der Waals surface area contributed by atoms with E-state index in [-0.39, 0.29) is 6.42 Å². The highest BCUT2D eigenvalue weighted by molar-refractivity contribution is 9.10. The Bertz CT molecular complexity index is 446. The zero-order chi connectivity index (χ0) is 13.2. The number of carboxylic acids is 1. The third kappa shape index (κ3) is 2.98. The monoisotopic (exact) mass is 301 g/mol. The molecule has 0 aliphatic rings. The SMILES string of the molecule is COc1c(Br)cc(C)c(C)c1CC(N)C(=O)O. The van der Waals surface area contributed by atoms with Crippen LogP contribution in [0.4, 0.5) is 0 Å². The lowest BCUT2D eigenvalue weighted by Gasteiger charge is -2.17. The highest BCUT2D eigenvalue weighted by atomic mass is 79.9. The molecule has 1 aromatic carbocycles. The van der Waals surface area contributed by atoms with E-state index in [4.69, 9.17) is 15.6 Å². The number of carbonyl (C=O) groups is 1. The molecule has 0 spiro atoms. The van der Waals surface area contributed by atoms with Gasteiger partial charge in [0.15, 0.2) is 0 Å². The van der Waals surface area contributed by atoms with Gasteiger partial charge in [0.05, 0.1) is 11.6 Å². The lowest BCUT2D eigenvalue weighted by molar-refractivity contribution is -0.138. The zero-order valence-electron chi connectivity index (χ0n) is 10.1. The Balaban J connectivity index is 3.25.